The standard InChI is InChI=1S/C12H21N5O6S2/c13-2-9(19)15-6(3-24)11(21)16-5(1-8(14)18)10(20)17-7(4-25)12(22)23/h5-7,24-25H,1-4,13H2,(H2,14,18)(H,15,19)(H,16,21)(H,17,20)(H,22,23). The van der Waals surface area contributed by atoms with E-state index < -0.39 is 54.1 Å². The van der Waals surface area contributed by atoms with Gasteiger partial charge in [-0.05, 0) is 0 Å². The molecule has 0 rings (SSSR count). The van der Waals surface area contributed by atoms with Gasteiger partial charge in [0.1, 0.15) is 18.1 Å². The SMILES string of the molecule is NCC(=O)NC(CS)C(=O)NC(CC(N)=O)C(=O)NC(CS)C(=O)O. The number of carboxylic acids is 1. The summed E-state index contributed by atoms with van der Waals surface area (Å²) in [5, 5.41) is 15.5. The van der Waals surface area contributed by atoms with Gasteiger partial charge in [0, 0.05) is 11.5 Å². The zero-order valence-corrected chi connectivity index (χ0v) is 14.9. The van der Waals surface area contributed by atoms with Crippen molar-refractivity contribution >= 4 is 54.9 Å². The van der Waals surface area contributed by atoms with E-state index in [1.54, 1.807) is 0 Å². The molecule has 142 valence electrons. The lowest BCUT2D eigenvalue weighted by atomic mass is 10.1. The molecule has 0 saturated heterocycles. The van der Waals surface area contributed by atoms with E-state index in [0.717, 1.165) is 0 Å². The van der Waals surface area contributed by atoms with Crippen molar-refractivity contribution in [3.8, 4) is 0 Å². The summed E-state index contributed by atoms with van der Waals surface area (Å²) in [6.45, 7) is -0.356. The van der Waals surface area contributed by atoms with E-state index in [4.69, 9.17) is 16.6 Å². The van der Waals surface area contributed by atoms with Crippen molar-refractivity contribution < 1.29 is 29.1 Å². The number of carboxylic acid groups (broad SMARTS) is 1. The Kier molecular flexibility index (Phi) is 10.6. The number of amides is 4. The summed E-state index contributed by atoms with van der Waals surface area (Å²) in [5.74, 6) is -4.90. The lowest BCUT2D eigenvalue weighted by Crippen LogP contribution is -2.57. The van der Waals surface area contributed by atoms with Gasteiger partial charge in [-0.3, -0.25) is 19.2 Å². The van der Waals surface area contributed by atoms with Gasteiger partial charge in [-0.1, -0.05) is 0 Å². The number of carbonyl (C=O) groups is 5. The number of rotatable bonds is 11. The van der Waals surface area contributed by atoms with Gasteiger partial charge in [0.2, 0.25) is 23.6 Å². The molecule has 0 aromatic rings. The molecule has 0 aliphatic heterocycles. The van der Waals surface area contributed by atoms with Crippen LogP contribution in [-0.4, -0.2) is 70.9 Å². The third kappa shape index (κ3) is 8.60. The summed E-state index contributed by atoms with van der Waals surface area (Å²) in [6, 6.07) is -3.85. The number of thiol groups is 2. The van der Waals surface area contributed by atoms with Gasteiger partial charge >= 0.3 is 5.97 Å². The number of aliphatic carboxylic acids is 1. The second-order valence-electron chi connectivity index (χ2n) is 4.82. The van der Waals surface area contributed by atoms with Crippen LogP contribution in [0.2, 0.25) is 0 Å². The third-order valence-electron chi connectivity index (χ3n) is 2.86. The van der Waals surface area contributed by atoms with Gasteiger partial charge in [0.15, 0.2) is 0 Å². The van der Waals surface area contributed by atoms with E-state index in [9.17, 15) is 24.0 Å². The summed E-state index contributed by atoms with van der Waals surface area (Å²) in [7, 11) is 0. The van der Waals surface area contributed by atoms with E-state index in [1.807, 2.05) is 0 Å². The van der Waals surface area contributed by atoms with Crippen molar-refractivity contribution in [3.63, 3.8) is 0 Å². The maximum absolute atomic E-state index is 12.1. The molecule has 11 nitrogen and oxygen atoms in total. The highest BCUT2D eigenvalue weighted by atomic mass is 32.1. The Hall–Kier alpha value is -1.99. The molecule has 0 heterocycles. The van der Waals surface area contributed by atoms with Gasteiger partial charge < -0.3 is 32.5 Å². The van der Waals surface area contributed by atoms with E-state index in [2.05, 4.69) is 41.2 Å². The Balaban J connectivity index is 5.10. The largest absolute Gasteiger partial charge is 0.480 e. The topological polar surface area (TPSA) is 194 Å². The van der Waals surface area contributed by atoms with Crippen LogP contribution in [0.5, 0.6) is 0 Å². The summed E-state index contributed by atoms with van der Waals surface area (Å²) in [6.07, 6.45) is -0.569. The Morgan fingerprint density at radius 3 is 1.76 bits per heavy atom. The predicted octanol–water partition coefficient (Wildman–Crippen LogP) is -3.78. The minimum Gasteiger partial charge on any atom is -0.480 e. The van der Waals surface area contributed by atoms with Gasteiger partial charge in [-0.15, -0.1) is 0 Å². The molecular formula is C12H21N5O6S2. The monoisotopic (exact) mass is 395 g/mol. The highest BCUT2D eigenvalue weighted by Gasteiger charge is 2.29. The zero-order valence-electron chi connectivity index (χ0n) is 13.1. The lowest BCUT2D eigenvalue weighted by molar-refractivity contribution is -0.141. The van der Waals surface area contributed by atoms with E-state index in [1.165, 1.54) is 0 Å². The van der Waals surface area contributed by atoms with Crippen LogP contribution in [0.25, 0.3) is 0 Å². The van der Waals surface area contributed by atoms with Crippen LogP contribution in [-0.2, 0) is 24.0 Å². The van der Waals surface area contributed by atoms with Crippen LogP contribution >= 0.6 is 25.3 Å². The molecule has 3 unspecified atom stereocenters. The molecule has 0 aliphatic carbocycles. The molecule has 4 amide bonds. The van der Waals surface area contributed by atoms with Gasteiger partial charge in [0.05, 0.1) is 13.0 Å². The fourth-order valence-corrected chi connectivity index (χ4v) is 2.09. The molecule has 3 atom stereocenters. The molecule has 8 N–H and O–H groups in total. The molecule has 0 aliphatic rings. The molecule has 0 bridgehead atoms. The van der Waals surface area contributed by atoms with Crippen molar-refractivity contribution in [1.82, 2.24) is 16.0 Å². The molecule has 0 saturated carbocycles. The molecular weight excluding hydrogens is 374 g/mol. The summed E-state index contributed by atoms with van der Waals surface area (Å²) >= 11 is 7.70. The molecule has 25 heavy (non-hydrogen) atoms. The third-order valence-corrected chi connectivity index (χ3v) is 3.59. The molecule has 13 heteroatoms. The smallest absolute Gasteiger partial charge is 0.327 e. The minimum atomic E-state index is -1.43. The number of nitrogens with one attached hydrogen (secondary N) is 3. The molecule has 0 fully saturated rings. The first-order valence-corrected chi connectivity index (χ1v) is 8.25. The molecule has 0 aromatic carbocycles. The number of hydrogen-bond acceptors (Lipinski definition) is 8. The Morgan fingerprint density at radius 1 is 0.880 bits per heavy atom. The van der Waals surface area contributed by atoms with Gasteiger partial charge in [0.25, 0.3) is 0 Å². The first kappa shape index (κ1) is 23.0. The van der Waals surface area contributed by atoms with Gasteiger partial charge in [-0.25, -0.2) is 4.79 Å². The quantitative estimate of drug-likeness (QED) is 0.164. The maximum atomic E-state index is 12.1. The van der Waals surface area contributed by atoms with E-state index in [0.29, 0.717) is 0 Å². The average molecular weight is 395 g/mol. The molecule has 0 aromatic heterocycles. The second-order valence-corrected chi connectivity index (χ2v) is 5.55. The second kappa shape index (κ2) is 11.5. The van der Waals surface area contributed by atoms with Crippen LogP contribution in [0.3, 0.4) is 0 Å². The van der Waals surface area contributed by atoms with E-state index in [-0.39, 0.29) is 18.1 Å². The maximum Gasteiger partial charge on any atom is 0.327 e. The average Bonchev–Trinajstić information content (AvgIpc) is 2.55. The van der Waals surface area contributed by atoms with E-state index >= 15 is 0 Å². The highest BCUT2D eigenvalue weighted by Crippen LogP contribution is 1.98. The lowest BCUT2D eigenvalue weighted by Gasteiger charge is -2.22. The number of carbonyl (C=O) groups excluding carboxylic acids is 4. The summed E-state index contributed by atoms with van der Waals surface area (Å²) < 4.78 is 0. The summed E-state index contributed by atoms with van der Waals surface area (Å²) in [5.41, 5.74) is 10.2. The van der Waals surface area contributed by atoms with Crippen LogP contribution in [0.15, 0.2) is 0 Å². The molecule has 0 radical (unpaired) electrons. The fourth-order valence-electron chi connectivity index (χ4n) is 1.59. The van der Waals surface area contributed by atoms with Crippen molar-refractivity contribution in [3.05, 3.63) is 0 Å². The van der Waals surface area contributed by atoms with Crippen LogP contribution < -0.4 is 27.4 Å². The van der Waals surface area contributed by atoms with Crippen LogP contribution in [0.1, 0.15) is 6.42 Å². The van der Waals surface area contributed by atoms with Crippen LogP contribution in [0.4, 0.5) is 0 Å². The van der Waals surface area contributed by atoms with Crippen molar-refractivity contribution in [2.24, 2.45) is 11.5 Å². The Morgan fingerprint density at radius 2 is 1.36 bits per heavy atom. The highest BCUT2D eigenvalue weighted by molar-refractivity contribution is 7.80. The minimum absolute atomic E-state index is 0.100. The number of primary amides is 1. The normalized spacial score (nSPS) is 13.9. The van der Waals surface area contributed by atoms with Crippen molar-refractivity contribution in [1.29, 1.82) is 0 Å². The van der Waals surface area contributed by atoms with Gasteiger partial charge in [-0.2, -0.15) is 25.3 Å². The zero-order chi connectivity index (χ0) is 19.6. The summed E-state index contributed by atoms with van der Waals surface area (Å²) in [4.78, 5) is 57.6. The number of nitrogens with two attached hydrogens (primary N) is 2. The fraction of sp³-hybridized carbons (Fsp3) is 0.583. The van der Waals surface area contributed by atoms with Crippen molar-refractivity contribution in [2.75, 3.05) is 18.1 Å². The number of hydrogen-bond donors (Lipinski definition) is 8. The Labute approximate surface area is 154 Å². The molecule has 0 spiro atoms. The van der Waals surface area contributed by atoms with Crippen LogP contribution in [0, 0.1) is 0 Å². The first-order valence-electron chi connectivity index (χ1n) is 6.99. The predicted molar refractivity (Wildman–Crippen MR) is 94.0 cm³/mol. The first-order chi connectivity index (χ1) is 11.7. The van der Waals surface area contributed by atoms with Crippen molar-refractivity contribution in [2.45, 2.75) is 24.5 Å². The Bertz CT molecular complexity index is 532.